The lowest BCUT2D eigenvalue weighted by Gasteiger charge is -2.04. The Morgan fingerprint density at radius 3 is 2.67 bits per heavy atom. The van der Waals surface area contributed by atoms with Crippen molar-refractivity contribution < 1.29 is 19.2 Å². The predicted molar refractivity (Wildman–Crippen MR) is 87.3 cm³/mol. The molecule has 0 unspecified atom stereocenters. The number of carbonyl (C=O) groups is 1. The fourth-order valence-corrected chi connectivity index (χ4v) is 1.75. The van der Waals surface area contributed by atoms with Gasteiger partial charge < -0.3 is 9.47 Å². The van der Waals surface area contributed by atoms with E-state index in [1.807, 2.05) is 6.07 Å². The van der Waals surface area contributed by atoms with Crippen molar-refractivity contribution >= 4 is 17.8 Å². The molecule has 8 nitrogen and oxygen atoms in total. The van der Waals surface area contributed by atoms with Gasteiger partial charge in [-0.3, -0.25) is 14.9 Å². The molecule has 0 atom stereocenters. The minimum atomic E-state index is -0.510. The molecule has 8 heteroatoms. The van der Waals surface area contributed by atoms with Crippen LogP contribution in [0.3, 0.4) is 0 Å². The van der Waals surface area contributed by atoms with Gasteiger partial charge in [-0.1, -0.05) is 12.1 Å². The van der Waals surface area contributed by atoms with Crippen LogP contribution in [0.2, 0.25) is 0 Å². The van der Waals surface area contributed by atoms with E-state index in [1.54, 1.807) is 25.3 Å². The van der Waals surface area contributed by atoms with Gasteiger partial charge in [0.25, 0.3) is 11.6 Å². The minimum Gasteiger partial charge on any atom is -0.497 e. The largest absolute Gasteiger partial charge is 0.497 e. The highest BCUT2D eigenvalue weighted by Gasteiger charge is 2.06. The van der Waals surface area contributed by atoms with E-state index < -0.39 is 10.8 Å². The Morgan fingerprint density at radius 1 is 1.25 bits per heavy atom. The van der Waals surface area contributed by atoms with Crippen molar-refractivity contribution in [2.24, 2.45) is 5.10 Å². The van der Waals surface area contributed by atoms with Gasteiger partial charge in [-0.15, -0.1) is 0 Å². The molecule has 2 rings (SSSR count). The molecule has 2 aromatic carbocycles. The van der Waals surface area contributed by atoms with Crippen LogP contribution in [0.4, 0.5) is 5.69 Å². The van der Waals surface area contributed by atoms with E-state index in [0.717, 1.165) is 5.56 Å². The molecule has 0 aliphatic rings. The fourth-order valence-electron chi connectivity index (χ4n) is 1.75. The van der Waals surface area contributed by atoms with E-state index in [0.29, 0.717) is 11.5 Å². The van der Waals surface area contributed by atoms with Gasteiger partial charge in [0.1, 0.15) is 11.5 Å². The van der Waals surface area contributed by atoms with Gasteiger partial charge in [0.15, 0.2) is 6.61 Å². The predicted octanol–water partition coefficient (Wildman–Crippen LogP) is 2.13. The molecule has 0 fully saturated rings. The van der Waals surface area contributed by atoms with Crippen LogP contribution in [0.25, 0.3) is 0 Å². The standard InChI is InChI=1S/C16H15N3O5/c1-23-15-4-2-3-12(9-15)10-17-18-16(20)11-24-14-7-5-13(6-8-14)19(21)22/h2-10H,11H2,1H3,(H,18,20). The van der Waals surface area contributed by atoms with Crippen LogP contribution in [-0.4, -0.2) is 30.8 Å². The van der Waals surface area contributed by atoms with Crippen LogP contribution in [-0.2, 0) is 4.79 Å². The number of non-ortho nitro benzene ring substituents is 1. The van der Waals surface area contributed by atoms with Crippen molar-refractivity contribution in [1.29, 1.82) is 0 Å². The number of ether oxygens (including phenoxy) is 2. The Morgan fingerprint density at radius 2 is 2.00 bits per heavy atom. The van der Waals surface area contributed by atoms with Crippen molar-refractivity contribution in [3.8, 4) is 11.5 Å². The van der Waals surface area contributed by atoms with Gasteiger partial charge in [0.2, 0.25) is 0 Å². The number of nitro benzene ring substituents is 1. The third kappa shape index (κ3) is 5.09. The molecule has 0 bridgehead atoms. The van der Waals surface area contributed by atoms with E-state index in [1.165, 1.54) is 30.5 Å². The number of benzene rings is 2. The van der Waals surface area contributed by atoms with Crippen LogP contribution >= 0.6 is 0 Å². The van der Waals surface area contributed by atoms with Crippen LogP contribution in [0, 0.1) is 10.1 Å². The van der Waals surface area contributed by atoms with Crippen LogP contribution in [0.5, 0.6) is 11.5 Å². The highest BCUT2D eigenvalue weighted by Crippen LogP contribution is 2.17. The van der Waals surface area contributed by atoms with E-state index >= 15 is 0 Å². The number of rotatable bonds is 7. The van der Waals surface area contributed by atoms with Crippen LogP contribution in [0.15, 0.2) is 53.6 Å². The molecule has 0 radical (unpaired) electrons. The summed E-state index contributed by atoms with van der Waals surface area (Å²) < 4.78 is 10.3. The molecular formula is C16H15N3O5. The highest BCUT2D eigenvalue weighted by molar-refractivity contribution is 5.83. The highest BCUT2D eigenvalue weighted by atomic mass is 16.6. The Kier molecular flexibility index (Phi) is 5.84. The molecule has 0 heterocycles. The summed E-state index contributed by atoms with van der Waals surface area (Å²) in [5, 5.41) is 14.3. The Labute approximate surface area is 137 Å². The second kappa shape index (κ2) is 8.28. The molecule has 1 N–H and O–H groups in total. The number of hydrazone groups is 1. The van der Waals surface area contributed by atoms with Crippen molar-refractivity contribution in [2.75, 3.05) is 13.7 Å². The zero-order valence-corrected chi connectivity index (χ0v) is 12.8. The fraction of sp³-hybridized carbons (Fsp3) is 0.125. The maximum Gasteiger partial charge on any atom is 0.277 e. The third-order valence-electron chi connectivity index (χ3n) is 2.91. The number of hydrogen-bond acceptors (Lipinski definition) is 6. The molecule has 1 amide bonds. The topological polar surface area (TPSA) is 103 Å². The van der Waals surface area contributed by atoms with Crippen molar-refractivity contribution in [3.05, 3.63) is 64.2 Å². The number of nitro groups is 1. The number of hydrogen-bond donors (Lipinski definition) is 1. The number of nitrogens with zero attached hydrogens (tertiary/aromatic N) is 2. The summed E-state index contributed by atoms with van der Waals surface area (Å²) in [4.78, 5) is 21.6. The zero-order chi connectivity index (χ0) is 17.4. The van der Waals surface area contributed by atoms with E-state index in [9.17, 15) is 14.9 Å². The molecule has 0 aliphatic heterocycles. The zero-order valence-electron chi connectivity index (χ0n) is 12.8. The molecule has 0 saturated carbocycles. The van der Waals surface area contributed by atoms with Gasteiger partial charge >= 0.3 is 0 Å². The van der Waals surface area contributed by atoms with Crippen molar-refractivity contribution in [2.45, 2.75) is 0 Å². The first-order valence-electron chi connectivity index (χ1n) is 6.91. The summed E-state index contributed by atoms with van der Waals surface area (Å²) in [5.74, 6) is 0.590. The molecule has 2 aromatic rings. The average molecular weight is 329 g/mol. The lowest BCUT2D eigenvalue weighted by molar-refractivity contribution is -0.384. The van der Waals surface area contributed by atoms with E-state index in [-0.39, 0.29) is 12.3 Å². The number of carbonyl (C=O) groups excluding carboxylic acids is 1. The van der Waals surface area contributed by atoms with Gasteiger partial charge in [0, 0.05) is 12.1 Å². The Hall–Kier alpha value is -3.42. The summed E-state index contributed by atoms with van der Waals surface area (Å²) >= 11 is 0. The van der Waals surface area contributed by atoms with Gasteiger partial charge in [-0.05, 0) is 29.8 Å². The lowest BCUT2D eigenvalue weighted by Crippen LogP contribution is -2.24. The maximum atomic E-state index is 11.6. The second-order valence-electron chi connectivity index (χ2n) is 4.61. The summed E-state index contributed by atoms with van der Waals surface area (Å²) in [5.41, 5.74) is 3.05. The number of methoxy groups -OCH3 is 1. The quantitative estimate of drug-likeness (QED) is 0.476. The van der Waals surface area contributed by atoms with Crippen molar-refractivity contribution in [3.63, 3.8) is 0 Å². The molecule has 0 spiro atoms. The molecule has 124 valence electrons. The first-order valence-corrected chi connectivity index (χ1v) is 6.91. The molecular weight excluding hydrogens is 314 g/mol. The first-order chi connectivity index (χ1) is 11.6. The third-order valence-corrected chi connectivity index (χ3v) is 2.91. The molecule has 0 aromatic heterocycles. The molecule has 0 saturated heterocycles. The second-order valence-corrected chi connectivity index (χ2v) is 4.61. The normalized spacial score (nSPS) is 10.4. The van der Waals surface area contributed by atoms with E-state index in [4.69, 9.17) is 9.47 Å². The molecule has 24 heavy (non-hydrogen) atoms. The monoisotopic (exact) mass is 329 g/mol. The smallest absolute Gasteiger partial charge is 0.277 e. The van der Waals surface area contributed by atoms with Crippen LogP contribution < -0.4 is 14.9 Å². The number of amides is 1. The van der Waals surface area contributed by atoms with Gasteiger partial charge in [-0.2, -0.15) is 5.10 Å². The summed E-state index contributed by atoms with van der Waals surface area (Å²) in [6.45, 7) is -0.257. The lowest BCUT2D eigenvalue weighted by atomic mass is 10.2. The Bertz CT molecular complexity index is 744. The van der Waals surface area contributed by atoms with Crippen LogP contribution in [0.1, 0.15) is 5.56 Å². The summed E-state index contributed by atoms with van der Waals surface area (Å²) in [7, 11) is 1.56. The van der Waals surface area contributed by atoms with Gasteiger partial charge in [0.05, 0.1) is 18.2 Å². The SMILES string of the molecule is COc1cccc(C=NNC(=O)COc2ccc([N+](=O)[O-])cc2)c1. The Balaban J connectivity index is 1.80. The van der Waals surface area contributed by atoms with Crippen molar-refractivity contribution in [1.82, 2.24) is 5.43 Å². The maximum absolute atomic E-state index is 11.6. The summed E-state index contributed by atoms with van der Waals surface area (Å²) in [6, 6.07) is 12.6. The first kappa shape index (κ1) is 16.9. The minimum absolute atomic E-state index is 0.0466. The van der Waals surface area contributed by atoms with Gasteiger partial charge in [-0.25, -0.2) is 5.43 Å². The van der Waals surface area contributed by atoms with E-state index in [2.05, 4.69) is 10.5 Å². The average Bonchev–Trinajstić information content (AvgIpc) is 2.60. The number of nitrogens with one attached hydrogen (secondary N) is 1. The summed E-state index contributed by atoms with van der Waals surface area (Å²) in [6.07, 6.45) is 1.48. The molecule has 0 aliphatic carbocycles.